The molecule has 0 bridgehead atoms. The van der Waals surface area contributed by atoms with Crippen LogP contribution in [-0.4, -0.2) is 26.6 Å². The first-order chi connectivity index (χ1) is 10.2. The second-order valence-corrected chi connectivity index (χ2v) is 5.27. The number of ether oxygens (including phenoxy) is 1. The number of aliphatic hydroxyl groups excluding tert-OH is 1. The van der Waals surface area contributed by atoms with Gasteiger partial charge in [0, 0.05) is 18.5 Å². The summed E-state index contributed by atoms with van der Waals surface area (Å²) in [7, 11) is 1.60. The Kier molecular flexibility index (Phi) is 3.79. The van der Waals surface area contributed by atoms with Crippen LogP contribution in [0.25, 0.3) is 0 Å². The fourth-order valence-corrected chi connectivity index (χ4v) is 2.77. The molecule has 3 rings (SSSR count). The third kappa shape index (κ3) is 2.58. The third-order valence-corrected chi connectivity index (χ3v) is 3.88. The molecular formula is C15H19N3O3. The van der Waals surface area contributed by atoms with Crippen molar-refractivity contribution in [3.63, 3.8) is 0 Å². The van der Waals surface area contributed by atoms with Gasteiger partial charge in [-0.05, 0) is 30.5 Å². The Balaban J connectivity index is 1.97. The monoisotopic (exact) mass is 289 g/mol. The number of rotatable bonds is 4. The fraction of sp³-hybridized carbons (Fsp3) is 0.467. The maximum atomic E-state index is 12.3. The number of fused-ring (bicyclic) bond motifs is 1. The lowest BCUT2D eigenvalue weighted by atomic mass is 10.1. The van der Waals surface area contributed by atoms with Gasteiger partial charge < -0.3 is 9.84 Å². The first kappa shape index (κ1) is 13.9. The normalized spacial score (nSPS) is 14.0. The molecule has 0 radical (unpaired) electrons. The minimum Gasteiger partial charge on any atom is -0.496 e. The van der Waals surface area contributed by atoms with Crippen LogP contribution in [0.15, 0.2) is 23.0 Å². The highest BCUT2D eigenvalue weighted by Crippen LogP contribution is 2.21. The van der Waals surface area contributed by atoms with Crippen LogP contribution in [0.1, 0.15) is 29.8 Å². The number of methoxy groups -OCH3 is 1. The van der Waals surface area contributed by atoms with Crippen LogP contribution in [0.4, 0.5) is 0 Å². The van der Waals surface area contributed by atoms with Gasteiger partial charge in [-0.15, -0.1) is 0 Å². The lowest BCUT2D eigenvalue weighted by molar-refractivity contribution is 0.281. The molecule has 1 aliphatic rings. The summed E-state index contributed by atoms with van der Waals surface area (Å²) in [5, 5.41) is 13.7. The van der Waals surface area contributed by atoms with Gasteiger partial charge in [-0.3, -0.25) is 4.57 Å². The molecule has 0 unspecified atom stereocenters. The van der Waals surface area contributed by atoms with Crippen LogP contribution in [0.2, 0.25) is 0 Å². The fourth-order valence-electron chi connectivity index (χ4n) is 2.77. The number of nitrogens with zero attached hydrogens (tertiary/aromatic N) is 3. The Bertz CT molecular complexity index is 703. The predicted molar refractivity (Wildman–Crippen MR) is 77.4 cm³/mol. The standard InChI is InChI=1S/C15H19N3O3/c1-21-13-6-5-11(10-19)8-12(13)9-18-15(20)17-7-3-2-4-14(17)16-18/h5-6,8,19H,2-4,7,9-10H2,1H3. The van der Waals surface area contributed by atoms with Crippen LogP contribution in [0.3, 0.4) is 0 Å². The molecule has 2 aromatic rings. The number of hydrogen-bond donors (Lipinski definition) is 1. The highest BCUT2D eigenvalue weighted by atomic mass is 16.5. The summed E-state index contributed by atoms with van der Waals surface area (Å²) in [6.45, 7) is 1.07. The Morgan fingerprint density at radius 1 is 1.38 bits per heavy atom. The van der Waals surface area contributed by atoms with E-state index in [1.165, 1.54) is 4.68 Å². The third-order valence-electron chi connectivity index (χ3n) is 3.88. The molecule has 0 aliphatic carbocycles. The van der Waals surface area contributed by atoms with E-state index in [0.29, 0.717) is 12.3 Å². The average Bonchev–Trinajstić information content (AvgIpc) is 2.84. The highest BCUT2D eigenvalue weighted by molar-refractivity contribution is 5.37. The van der Waals surface area contributed by atoms with Crippen molar-refractivity contribution in [2.24, 2.45) is 0 Å². The van der Waals surface area contributed by atoms with Crippen LogP contribution >= 0.6 is 0 Å². The van der Waals surface area contributed by atoms with Gasteiger partial charge in [0.15, 0.2) is 0 Å². The zero-order chi connectivity index (χ0) is 14.8. The molecule has 1 aromatic heterocycles. The van der Waals surface area contributed by atoms with Crippen LogP contribution in [-0.2, 0) is 26.1 Å². The van der Waals surface area contributed by atoms with Crippen molar-refractivity contribution in [1.82, 2.24) is 14.3 Å². The number of aliphatic hydroxyl groups is 1. The van der Waals surface area contributed by atoms with Gasteiger partial charge in [-0.2, -0.15) is 5.10 Å². The molecule has 112 valence electrons. The van der Waals surface area contributed by atoms with E-state index in [2.05, 4.69) is 5.10 Å². The van der Waals surface area contributed by atoms with Gasteiger partial charge in [-0.25, -0.2) is 9.48 Å². The van der Waals surface area contributed by atoms with Crippen LogP contribution < -0.4 is 10.4 Å². The Morgan fingerprint density at radius 2 is 2.24 bits per heavy atom. The molecule has 0 fully saturated rings. The lowest BCUT2D eigenvalue weighted by Gasteiger charge is -2.09. The van der Waals surface area contributed by atoms with E-state index in [0.717, 1.165) is 42.8 Å². The summed E-state index contributed by atoms with van der Waals surface area (Å²) in [5.74, 6) is 1.56. The molecule has 2 heterocycles. The quantitative estimate of drug-likeness (QED) is 0.909. The van der Waals surface area contributed by atoms with Gasteiger partial charge in [0.25, 0.3) is 0 Å². The lowest BCUT2D eigenvalue weighted by Crippen LogP contribution is -2.27. The summed E-state index contributed by atoms with van der Waals surface area (Å²) in [6.07, 6.45) is 2.97. The first-order valence-electron chi connectivity index (χ1n) is 7.16. The predicted octanol–water partition coefficient (Wildman–Crippen LogP) is 0.930. The van der Waals surface area contributed by atoms with E-state index in [1.807, 2.05) is 18.2 Å². The van der Waals surface area contributed by atoms with Crippen molar-refractivity contribution in [3.05, 3.63) is 45.6 Å². The number of aryl methyl sites for hydroxylation is 1. The van der Waals surface area contributed by atoms with E-state index >= 15 is 0 Å². The number of benzene rings is 1. The molecule has 0 amide bonds. The number of aromatic nitrogens is 3. The maximum absolute atomic E-state index is 12.3. The van der Waals surface area contributed by atoms with E-state index in [9.17, 15) is 9.90 Å². The van der Waals surface area contributed by atoms with Gasteiger partial charge >= 0.3 is 5.69 Å². The summed E-state index contributed by atoms with van der Waals surface area (Å²) in [5.41, 5.74) is 1.57. The molecule has 6 nitrogen and oxygen atoms in total. The largest absolute Gasteiger partial charge is 0.496 e. The molecular weight excluding hydrogens is 270 g/mol. The molecule has 1 N–H and O–H groups in total. The van der Waals surface area contributed by atoms with E-state index in [4.69, 9.17) is 4.74 Å². The van der Waals surface area contributed by atoms with Gasteiger partial charge in [0.1, 0.15) is 11.6 Å². The molecule has 1 aliphatic heterocycles. The topological polar surface area (TPSA) is 69.3 Å². The molecule has 6 heteroatoms. The van der Waals surface area contributed by atoms with E-state index < -0.39 is 0 Å². The molecule has 0 atom stereocenters. The van der Waals surface area contributed by atoms with Gasteiger partial charge in [-0.1, -0.05) is 6.07 Å². The Labute approximate surface area is 122 Å². The van der Waals surface area contributed by atoms with Crippen molar-refractivity contribution < 1.29 is 9.84 Å². The minimum atomic E-state index is -0.0684. The average molecular weight is 289 g/mol. The zero-order valence-corrected chi connectivity index (χ0v) is 12.1. The molecule has 1 aromatic carbocycles. The van der Waals surface area contributed by atoms with E-state index in [1.54, 1.807) is 11.7 Å². The first-order valence-corrected chi connectivity index (χ1v) is 7.16. The molecule has 21 heavy (non-hydrogen) atoms. The molecule has 0 saturated heterocycles. The van der Waals surface area contributed by atoms with E-state index in [-0.39, 0.29) is 12.3 Å². The molecule has 0 spiro atoms. The van der Waals surface area contributed by atoms with Crippen molar-refractivity contribution >= 4 is 0 Å². The summed E-state index contributed by atoms with van der Waals surface area (Å²) in [4.78, 5) is 12.3. The van der Waals surface area contributed by atoms with Crippen molar-refractivity contribution in [3.8, 4) is 5.75 Å². The van der Waals surface area contributed by atoms with Crippen molar-refractivity contribution in [1.29, 1.82) is 0 Å². The van der Waals surface area contributed by atoms with Crippen LogP contribution in [0, 0.1) is 0 Å². The zero-order valence-electron chi connectivity index (χ0n) is 12.1. The summed E-state index contributed by atoms with van der Waals surface area (Å²) >= 11 is 0. The summed E-state index contributed by atoms with van der Waals surface area (Å²) < 4.78 is 8.57. The van der Waals surface area contributed by atoms with Gasteiger partial charge in [0.2, 0.25) is 0 Å². The maximum Gasteiger partial charge on any atom is 0.346 e. The highest BCUT2D eigenvalue weighted by Gasteiger charge is 2.17. The Hall–Kier alpha value is -2.08. The smallest absolute Gasteiger partial charge is 0.346 e. The molecule has 0 saturated carbocycles. The number of hydrogen-bond acceptors (Lipinski definition) is 4. The van der Waals surface area contributed by atoms with Crippen LogP contribution in [0.5, 0.6) is 5.75 Å². The minimum absolute atomic E-state index is 0.0361. The van der Waals surface area contributed by atoms with Crippen molar-refractivity contribution in [2.75, 3.05) is 7.11 Å². The van der Waals surface area contributed by atoms with Crippen molar-refractivity contribution in [2.45, 2.75) is 39.0 Å². The second kappa shape index (κ2) is 5.73. The van der Waals surface area contributed by atoms with Gasteiger partial charge in [0.05, 0.1) is 20.3 Å². The second-order valence-electron chi connectivity index (χ2n) is 5.27. The Morgan fingerprint density at radius 3 is 2.95 bits per heavy atom. The SMILES string of the molecule is COc1ccc(CO)cc1Cn1nc2n(c1=O)CCCC2. The summed E-state index contributed by atoms with van der Waals surface area (Å²) in [6, 6.07) is 5.47.